The van der Waals surface area contributed by atoms with E-state index >= 15 is 0 Å². The third-order valence-electron chi connectivity index (χ3n) is 2.41. The number of aromatic nitrogens is 2. The predicted octanol–water partition coefficient (Wildman–Crippen LogP) is 2.05. The Labute approximate surface area is 103 Å². The zero-order valence-corrected chi connectivity index (χ0v) is 9.91. The lowest BCUT2D eigenvalue weighted by molar-refractivity contribution is 0.436. The zero-order valence-electron chi connectivity index (χ0n) is 9.91. The number of hydrogen-bond donors (Lipinski definition) is 1. The van der Waals surface area contributed by atoms with Crippen molar-refractivity contribution in [1.29, 1.82) is 0 Å². The van der Waals surface area contributed by atoms with Gasteiger partial charge in [0.15, 0.2) is 11.6 Å². The first-order chi connectivity index (χ1) is 8.70. The van der Waals surface area contributed by atoms with E-state index in [2.05, 4.69) is 15.5 Å². The van der Waals surface area contributed by atoms with Crippen molar-refractivity contribution >= 4 is 0 Å². The van der Waals surface area contributed by atoms with Crippen LogP contribution < -0.4 is 5.32 Å². The van der Waals surface area contributed by atoms with Gasteiger partial charge >= 0.3 is 0 Å². The van der Waals surface area contributed by atoms with Gasteiger partial charge in [-0.05, 0) is 12.6 Å². The van der Waals surface area contributed by atoms with E-state index in [1.165, 1.54) is 12.1 Å². The molecule has 0 aliphatic heterocycles. The van der Waals surface area contributed by atoms with Gasteiger partial charge in [-0.1, -0.05) is 19.1 Å². The van der Waals surface area contributed by atoms with Gasteiger partial charge in [0, 0.05) is 5.56 Å². The molecule has 1 aromatic heterocycles. The number of rotatable bonds is 5. The van der Waals surface area contributed by atoms with E-state index in [1.54, 1.807) is 0 Å². The van der Waals surface area contributed by atoms with E-state index < -0.39 is 11.6 Å². The van der Waals surface area contributed by atoms with Gasteiger partial charge in [0.25, 0.3) is 0 Å². The van der Waals surface area contributed by atoms with E-state index in [4.69, 9.17) is 4.42 Å². The van der Waals surface area contributed by atoms with E-state index in [1.807, 2.05) is 6.92 Å². The topological polar surface area (TPSA) is 51.0 Å². The van der Waals surface area contributed by atoms with Crippen LogP contribution in [0.1, 0.15) is 24.3 Å². The summed E-state index contributed by atoms with van der Waals surface area (Å²) in [5, 5.41) is 10.6. The van der Waals surface area contributed by atoms with Gasteiger partial charge in [0.05, 0.1) is 13.0 Å². The summed E-state index contributed by atoms with van der Waals surface area (Å²) < 4.78 is 31.7. The highest BCUT2D eigenvalue weighted by Crippen LogP contribution is 2.15. The van der Waals surface area contributed by atoms with Crippen LogP contribution >= 0.6 is 0 Å². The Morgan fingerprint density at radius 2 is 2.00 bits per heavy atom. The molecule has 1 aromatic carbocycles. The van der Waals surface area contributed by atoms with Crippen LogP contribution in [0.25, 0.3) is 0 Å². The summed E-state index contributed by atoms with van der Waals surface area (Å²) >= 11 is 0. The summed E-state index contributed by atoms with van der Waals surface area (Å²) in [6.07, 6.45) is 0.0860. The Bertz CT molecular complexity index is 528. The van der Waals surface area contributed by atoms with Gasteiger partial charge in [0.1, 0.15) is 0 Å². The fourth-order valence-electron chi connectivity index (χ4n) is 1.51. The molecule has 0 bridgehead atoms. The number of halogens is 2. The van der Waals surface area contributed by atoms with Crippen molar-refractivity contribution in [1.82, 2.24) is 15.5 Å². The molecular weight excluding hydrogens is 240 g/mol. The average molecular weight is 253 g/mol. The van der Waals surface area contributed by atoms with Crippen LogP contribution in [0.5, 0.6) is 0 Å². The Morgan fingerprint density at radius 3 is 2.78 bits per heavy atom. The molecular formula is C12H13F2N3O. The van der Waals surface area contributed by atoms with Crippen LogP contribution in [0.15, 0.2) is 22.6 Å². The zero-order chi connectivity index (χ0) is 13.0. The summed E-state index contributed by atoms with van der Waals surface area (Å²) in [6.45, 7) is 3.21. The molecule has 96 valence electrons. The smallest absolute Gasteiger partial charge is 0.230 e. The average Bonchev–Trinajstić information content (AvgIpc) is 2.80. The molecule has 0 aliphatic rings. The highest BCUT2D eigenvalue weighted by molar-refractivity contribution is 5.21. The van der Waals surface area contributed by atoms with Crippen LogP contribution in [0, 0.1) is 11.6 Å². The fourth-order valence-corrected chi connectivity index (χ4v) is 1.51. The van der Waals surface area contributed by atoms with Crippen LogP contribution in [-0.2, 0) is 13.0 Å². The molecule has 0 spiro atoms. The van der Waals surface area contributed by atoms with Crippen molar-refractivity contribution in [2.24, 2.45) is 0 Å². The van der Waals surface area contributed by atoms with Crippen LogP contribution in [-0.4, -0.2) is 16.7 Å². The Morgan fingerprint density at radius 1 is 1.22 bits per heavy atom. The first kappa shape index (κ1) is 12.6. The predicted molar refractivity (Wildman–Crippen MR) is 60.8 cm³/mol. The minimum absolute atomic E-state index is 0.0860. The lowest BCUT2D eigenvalue weighted by Crippen LogP contribution is -2.11. The minimum Gasteiger partial charge on any atom is -0.424 e. The minimum atomic E-state index is -0.875. The van der Waals surface area contributed by atoms with E-state index in [0.29, 0.717) is 12.4 Å². The van der Waals surface area contributed by atoms with Crippen molar-refractivity contribution in [3.05, 3.63) is 47.2 Å². The molecule has 1 heterocycles. The Hall–Kier alpha value is -1.82. The molecule has 0 fully saturated rings. The Kier molecular flexibility index (Phi) is 3.99. The molecule has 1 N–H and O–H groups in total. The summed E-state index contributed by atoms with van der Waals surface area (Å²) in [7, 11) is 0. The Balaban J connectivity index is 2.09. The highest BCUT2D eigenvalue weighted by atomic mass is 19.2. The lowest BCUT2D eigenvalue weighted by atomic mass is 10.1. The van der Waals surface area contributed by atoms with Gasteiger partial charge in [-0.15, -0.1) is 10.2 Å². The monoisotopic (exact) mass is 253 g/mol. The van der Waals surface area contributed by atoms with E-state index in [9.17, 15) is 8.78 Å². The fraction of sp³-hybridized carbons (Fsp3) is 0.333. The molecule has 0 radical (unpaired) electrons. The maximum absolute atomic E-state index is 13.4. The van der Waals surface area contributed by atoms with Crippen LogP contribution in [0.4, 0.5) is 8.78 Å². The molecule has 0 unspecified atom stereocenters. The molecule has 18 heavy (non-hydrogen) atoms. The molecule has 2 rings (SSSR count). The quantitative estimate of drug-likeness (QED) is 0.886. The van der Waals surface area contributed by atoms with Crippen molar-refractivity contribution < 1.29 is 13.2 Å². The number of benzene rings is 1. The largest absolute Gasteiger partial charge is 0.424 e. The molecule has 4 nitrogen and oxygen atoms in total. The normalized spacial score (nSPS) is 10.8. The number of nitrogens with one attached hydrogen (secondary N) is 1. The van der Waals surface area contributed by atoms with Crippen LogP contribution in [0.3, 0.4) is 0 Å². The number of nitrogens with zero attached hydrogens (tertiary/aromatic N) is 2. The summed E-state index contributed by atoms with van der Waals surface area (Å²) in [6, 6.07) is 4.01. The SMILES string of the molecule is CCNCc1nnc(Cc2cccc(F)c2F)o1. The van der Waals surface area contributed by atoms with Crippen LogP contribution in [0.2, 0.25) is 0 Å². The first-order valence-corrected chi connectivity index (χ1v) is 5.65. The standard InChI is InChI=1S/C12H13F2N3O/c1-2-15-7-11-17-16-10(18-11)6-8-4-3-5-9(13)12(8)14/h3-5,15H,2,6-7H2,1H3. The molecule has 0 atom stereocenters. The van der Waals surface area contributed by atoms with Gasteiger partial charge in [-0.25, -0.2) is 8.78 Å². The van der Waals surface area contributed by atoms with E-state index in [0.717, 1.165) is 12.6 Å². The lowest BCUT2D eigenvalue weighted by Gasteiger charge is -2.00. The van der Waals surface area contributed by atoms with Gasteiger partial charge in [-0.3, -0.25) is 0 Å². The molecule has 0 saturated heterocycles. The second kappa shape index (κ2) is 5.68. The van der Waals surface area contributed by atoms with Gasteiger partial charge in [0.2, 0.25) is 11.8 Å². The third kappa shape index (κ3) is 2.89. The second-order valence-electron chi connectivity index (χ2n) is 3.76. The third-order valence-corrected chi connectivity index (χ3v) is 2.41. The van der Waals surface area contributed by atoms with Gasteiger partial charge < -0.3 is 9.73 Å². The van der Waals surface area contributed by atoms with Crippen molar-refractivity contribution in [3.8, 4) is 0 Å². The van der Waals surface area contributed by atoms with Gasteiger partial charge in [-0.2, -0.15) is 0 Å². The van der Waals surface area contributed by atoms with Crippen molar-refractivity contribution in [2.45, 2.75) is 19.9 Å². The first-order valence-electron chi connectivity index (χ1n) is 5.65. The number of hydrogen-bond acceptors (Lipinski definition) is 4. The summed E-state index contributed by atoms with van der Waals surface area (Å²) in [5.74, 6) is -1.04. The maximum atomic E-state index is 13.4. The van der Waals surface area contributed by atoms with E-state index in [-0.39, 0.29) is 17.9 Å². The highest BCUT2D eigenvalue weighted by Gasteiger charge is 2.12. The molecule has 0 saturated carbocycles. The van der Waals surface area contributed by atoms with Crippen molar-refractivity contribution in [2.75, 3.05) is 6.54 Å². The second-order valence-corrected chi connectivity index (χ2v) is 3.76. The maximum Gasteiger partial charge on any atom is 0.230 e. The molecule has 0 aliphatic carbocycles. The molecule has 6 heteroatoms. The summed E-state index contributed by atoms with van der Waals surface area (Å²) in [5.41, 5.74) is 0.202. The summed E-state index contributed by atoms with van der Waals surface area (Å²) in [4.78, 5) is 0. The molecule has 2 aromatic rings. The molecule has 0 amide bonds. The van der Waals surface area contributed by atoms with Crippen molar-refractivity contribution in [3.63, 3.8) is 0 Å².